The van der Waals surface area contributed by atoms with Gasteiger partial charge in [0, 0.05) is 32.2 Å². The Hall–Kier alpha value is -0.450. The largest absolute Gasteiger partial charge is 0.377 e. The van der Waals surface area contributed by atoms with Crippen LogP contribution in [0.1, 0.15) is 39.2 Å². The molecule has 0 aromatic heterocycles. The van der Waals surface area contributed by atoms with E-state index in [1.165, 1.54) is 6.07 Å². The standard InChI is InChI=1S/C20H32BrFN4O.HI/c1-4-23-20(24-14-16-5-6-18(21)19(22)13-16)25-17-7-9-26(10-8-17)11-12-27-15(2)3;/h5-6,13,15,17H,4,7-12,14H2,1-3H3,(H2,23,24,25);1H. The third-order valence-corrected chi connectivity index (χ3v) is 5.18. The Balaban J connectivity index is 0.00000392. The van der Waals surface area contributed by atoms with Gasteiger partial charge in [-0.15, -0.1) is 24.0 Å². The van der Waals surface area contributed by atoms with E-state index < -0.39 is 0 Å². The van der Waals surface area contributed by atoms with E-state index in [1.807, 2.05) is 13.0 Å². The number of ether oxygens (including phenoxy) is 1. The van der Waals surface area contributed by atoms with Gasteiger partial charge in [0.15, 0.2) is 5.96 Å². The maximum atomic E-state index is 13.7. The fourth-order valence-corrected chi connectivity index (χ4v) is 3.29. The molecular weight excluding hydrogens is 538 g/mol. The quantitative estimate of drug-likeness (QED) is 0.280. The van der Waals surface area contributed by atoms with Crippen LogP contribution in [0.25, 0.3) is 0 Å². The minimum absolute atomic E-state index is 0. The zero-order valence-corrected chi connectivity index (χ0v) is 20.9. The Morgan fingerprint density at radius 1 is 1.36 bits per heavy atom. The van der Waals surface area contributed by atoms with E-state index in [2.05, 4.69) is 50.3 Å². The van der Waals surface area contributed by atoms with Crippen molar-refractivity contribution in [2.45, 2.75) is 52.3 Å². The average molecular weight is 571 g/mol. The van der Waals surface area contributed by atoms with Crippen molar-refractivity contribution in [3.8, 4) is 0 Å². The second-order valence-electron chi connectivity index (χ2n) is 7.12. The monoisotopic (exact) mass is 570 g/mol. The van der Waals surface area contributed by atoms with Gasteiger partial charge >= 0.3 is 0 Å². The van der Waals surface area contributed by atoms with E-state index in [0.29, 0.717) is 23.2 Å². The van der Waals surface area contributed by atoms with Gasteiger partial charge in [0.25, 0.3) is 0 Å². The first-order valence-corrected chi connectivity index (χ1v) is 10.6. The molecule has 1 fully saturated rings. The maximum Gasteiger partial charge on any atom is 0.191 e. The van der Waals surface area contributed by atoms with Crippen LogP contribution >= 0.6 is 39.9 Å². The van der Waals surface area contributed by atoms with Gasteiger partial charge in [0.05, 0.1) is 23.7 Å². The van der Waals surface area contributed by atoms with Crippen LogP contribution in [-0.2, 0) is 11.3 Å². The fourth-order valence-electron chi connectivity index (χ4n) is 3.04. The Kier molecular flexibility index (Phi) is 12.5. The average Bonchev–Trinajstić information content (AvgIpc) is 2.64. The Morgan fingerprint density at radius 3 is 2.68 bits per heavy atom. The molecule has 0 bridgehead atoms. The molecule has 0 atom stereocenters. The van der Waals surface area contributed by atoms with Gasteiger partial charge in [-0.05, 0) is 67.2 Å². The lowest BCUT2D eigenvalue weighted by atomic mass is 10.1. The zero-order chi connectivity index (χ0) is 19.6. The summed E-state index contributed by atoms with van der Waals surface area (Å²) in [4.78, 5) is 7.07. The molecule has 1 aliphatic rings. The summed E-state index contributed by atoms with van der Waals surface area (Å²) in [5.41, 5.74) is 0.855. The van der Waals surface area contributed by atoms with Crippen molar-refractivity contribution in [1.29, 1.82) is 0 Å². The minimum atomic E-state index is -0.255. The summed E-state index contributed by atoms with van der Waals surface area (Å²) in [6.45, 7) is 11.4. The highest BCUT2D eigenvalue weighted by Crippen LogP contribution is 2.17. The molecule has 8 heteroatoms. The molecule has 0 radical (unpaired) electrons. The van der Waals surface area contributed by atoms with E-state index in [4.69, 9.17) is 4.74 Å². The molecule has 0 spiro atoms. The van der Waals surface area contributed by atoms with Crippen molar-refractivity contribution in [3.63, 3.8) is 0 Å². The van der Waals surface area contributed by atoms with Crippen molar-refractivity contribution in [2.24, 2.45) is 4.99 Å². The lowest BCUT2D eigenvalue weighted by molar-refractivity contribution is 0.0532. The number of benzene rings is 1. The number of likely N-dealkylation sites (tertiary alicyclic amines) is 1. The number of nitrogens with zero attached hydrogens (tertiary/aromatic N) is 2. The minimum Gasteiger partial charge on any atom is -0.377 e. The molecule has 5 nitrogen and oxygen atoms in total. The normalized spacial score (nSPS) is 16.1. The lowest BCUT2D eigenvalue weighted by Gasteiger charge is -2.33. The van der Waals surface area contributed by atoms with Crippen LogP contribution < -0.4 is 10.6 Å². The molecule has 2 rings (SSSR count). The van der Waals surface area contributed by atoms with Crippen LogP contribution in [0, 0.1) is 5.82 Å². The van der Waals surface area contributed by atoms with Crippen LogP contribution in [0.2, 0.25) is 0 Å². The predicted octanol–water partition coefficient (Wildman–Crippen LogP) is 4.15. The van der Waals surface area contributed by atoms with Crippen LogP contribution in [0.5, 0.6) is 0 Å². The Morgan fingerprint density at radius 2 is 2.07 bits per heavy atom. The molecule has 0 saturated carbocycles. The zero-order valence-electron chi connectivity index (χ0n) is 17.0. The third-order valence-electron chi connectivity index (χ3n) is 4.54. The van der Waals surface area contributed by atoms with Gasteiger partial charge in [0.2, 0.25) is 0 Å². The van der Waals surface area contributed by atoms with E-state index in [1.54, 1.807) is 6.07 Å². The molecule has 1 aromatic carbocycles. The van der Waals surface area contributed by atoms with E-state index in [9.17, 15) is 4.39 Å². The Bertz CT molecular complexity index is 610. The van der Waals surface area contributed by atoms with Gasteiger partial charge < -0.3 is 20.3 Å². The van der Waals surface area contributed by atoms with Crippen molar-refractivity contribution >= 4 is 45.9 Å². The van der Waals surface area contributed by atoms with E-state index in [-0.39, 0.29) is 29.8 Å². The molecule has 1 heterocycles. The van der Waals surface area contributed by atoms with Crippen LogP contribution in [0.4, 0.5) is 4.39 Å². The van der Waals surface area contributed by atoms with Gasteiger partial charge in [-0.25, -0.2) is 9.38 Å². The smallest absolute Gasteiger partial charge is 0.191 e. The molecule has 0 amide bonds. The first-order valence-electron chi connectivity index (χ1n) is 9.80. The predicted molar refractivity (Wildman–Crippen MR) is 128 cm³/mol. The summed E-state index contributed by atoms with van der Waals surface area (Å²) in [6, 6.07) is 5.54. The van der Waals surface area contributed by atoms with Gasteiger partial charge in [-0.1, -0.05) is 6.07 Å². The number of guanidine groups is 1. The van der Waals surface area contributed by atoms with Crippen molar-refractivity contribution in [3.05, 3.63) is 34.1 Å². The fraction of sp³-hybridized carbons (Fsp3) is 0.650. The number of rotatable bonds is 8. The number of aliphatic imine (C=N–C) groups is 1. The van der Waals surface area contributed by atoms with Crippen molar-refractivity contribution < 1.29 is 9.13 Å². The number of nitrogens with one attached hydrogen (secondary N) is 2. The SMILES string of the molecule is CCNC(=NCc1ccc(Br)c(F)c1)NC1CCN(CCOC(C)C)CC1.I. The summed E-state index contributed by atoms with van der Waals surface area (Å²) in [5, 5.41) is 6.81. The lowest BCUT2D eigenvalue weighted by Crippen LogP contribution is -2.49. The molecule has 0 aliphatic carbocycles. The second kappa shape index (κ2) is 13.7. The van der Waals surface area contributed by atoms with Gasteiger partial charge in [-0.3, -0.25) is 0 Å². The van der Waals surface area contributed by atoms with E-state index in [0.717, 1.165) is 57.2 Å². The van der Waals surface area contributed by atoms with E-state index >= 15 is 0 Å². The summed E-state index contributed by atoms with van der Waals surface area (Å²) in [5.74, 6) is 0.539. The van der Waals surface area contributed by atoms with Crippen LogP contribution in [0.15, 0.2) is 27.7 Å². The molecule has 160 valence electrons. The molecule has 1 aromatic rings. The van der Waals surface area contributed by atoms with Crippen molar-refractivity contribution in [2.75, 3.05) is 32.8 Å². The number of halogens is 3. The molecular formula is C20H33BrFIN4O. The maximum absolute atomic E-state index is 13.7. The molecule has 1 saturated heterocycles. The van der Waals surface area contributed by atoms with Crippen LogP contribution in [-0.4, -0.2) is 55.8 Å². The summed E-state index contributed by atoms with van der Waals surface area (Å²) in [7, 11) is 0. The number of hydrogen-bond donors (Lipinski definition) is 2. The third kappa shape index (κ3) is 9.37. The highest BCUT2D eigenvalue weighted by Gasteiger charge is 2.19. The van der Waals surface area contributed by atoms with Crippen molar-refractivity contribution in [1.82, 2.24) is 15.5 Å². The summed E-state index contributed by atoms with van der Waals surface area (Å²) in [6.07, 6.45) is 2.46. The molecule has 0 unspecified atom stereocenters. The van der Waals surface area contributed by atoms with Gasteiger partial charge in [-0.2, -0.15) is 0 Å². The number of hydrogen-bond acceptors (Lipinski definition) is 3. The van der Waals surface area contributed by atoms with Gasteiger partial charge in [0.1, 0.15) is 5.82 Å². The first kappa shape index (κ1) is 25.6. The molecule has 2 N–H and O–H groups in total. The first-order chi connectivity index (χ1) is 13.0. The summed E-state index contributed by atoms with van der Waals surface area (Å²) >= 11 is 3.18. The second-order valence-corrected chi connectivity index (χ2v) is 7.98. The highest BCUT2D eigenvalue weighted by atomic mass is 127. The molecule has 1 aliphatic heterocycles. The van der Waals surface area contributed by atoms with Crippen LogP contribution in [0.3, 0.4) is 0 Å². The molecule has 28 heavy (non-hydrogen) atoms. The Labute approximate surface area is 194 Å². The highest BCUT2D eigenvalue weighted by molar-refractivity contribution is 14.0. The topological polar surface area (TPSA) is 48.9 Å². The number of piperidine rings is 1. The summed E-state index contributed by atoms with van der Waals surface area (Å²) < 4.78 is 19.8.